The summed E-state index contributed by atoms with van der Waals surface area (Å²) in [6.07, 6.45) is 1.28. The van der Waals surface area contributed by atoms with E-state index in [1.54, 1.807) is 0 Å². The van der Waals surface area contributed by atoms with Crippen molar-refractivity contribution in [3.05, 3.63) is 0 Å². The molecule has 0 fully saturated rings. The molecule has 0 aliphatic carbocycles. The summed E-state index contributed by atoms with van der Waals surface area (Å²) < 4.78 is 0. The average molecular weight is 186 g/mol. The fraction of sp³-hybridized carbons (Fsp3) is 1.00. The van der Waals surface area contributed by atoms with E-state index in [2.05, 4.69) is 32.6 Å². The van der Waals surface area contributed by atoms with Crippen LogP contribution in [0.4, 0.5) is 0 Å². The first-order valence-corrected chi connectivity index (χ1v) is 5.48. The zero-order valence-corrected chi connectivity index (χ0v) is 9.71. The molecule has 0 atom stereocenters. The summed E-state index contributed by atoms with van der Waals surface area (Å²) in [5, 5.41) is 0. The predicted molar refractivity (Wildman–Crippen MR) is 59.8 cm³/mol. The second-order valence-corrected chi connectivity index (χ2v) is 4.67. The van der Waals surface area contributed by atoms with Crippen LogP contribution in [0.3, 0.4) is 0 Å². The highest BCUT2D eigenvalue weighted by molar-refractivity contribution is 4.61. The van der Waals surface area contributed by atoms with E-state index in [1.807, 2.05) is 0 Å². The molecular formula is C11H26N2. The van der Waals surface area contributed by atoms with Crippen LogP contribution in [0.15, 0.2) is 0 Å². The predicted octanol–water partition coefficient (Wildman–Crippen LogP) is 1.95. The van der Waals surface area contributed by atoms with Crippen LogP contribution in [0.5, 0.6) is 0 Å². The van der Waals surface area contributed by atoms with Gasteiger partial charge in [0.1, 0.15) is 0 Å². The Balaban J connectivity index is 3.66. The van der Waals surface area contributed by atoms with Crippen LogP contribution in [-0.2, 0) is 0 Å². The molecule has 0 aromatic heterocycles. The Hall–Kier alpha value is -0.0800. The van der Waals surface area contributed by atoms with Gasteiger partial charge in [0.25, 0.3) is 0 Å². The van der Waals surface area contributed by atoms with Crippen molar-refractivity contribution in [1.82, 2.24) is 4.90 Å². The minimum absolute atomic E-state index is 0.749. The second-order valence-electron chi connectivity index (χ2n) is 4.67. The van der Waals surface area contributed by atoms with Gasteiger partial charge in [-0.3, -0.25) is 0 Å². The highest BCUT2D eigenvalue weighted by Gasteiger charge is 2.06. The van der Waals surface area contributed by atoms with E-state index in [0.717, 1.165) is 24.9 Å². The van der Waals surface area contributed by atoms with Crippen LogP contribution < -0.4 is 5.73 Å². The quantitative estimate of drug-likeness (QED) is 0.658. The molecule has 0 saturated heterocycles. The second kappa shape index (κ2) is 7.34. The summed E-state index contributed by atoms with van der Waals surface area (Å²) >= 11 is 0. The molecule has 80 valence electrons. The summed E-state index contributed by atoms with van der Waals surface area (Å²) in [5.41, 5.74) is 5.57. The maximum Gasteiger partial charge on any atom is 0.0105 e. The average Bonchev–Trinajstić information content (AvgIpc) is 1.99. The molecule has 0 aliphatic heterocycles. The number of nitrogens with two attached hydrogens (primary N) is 1. The highest BCUT2D eigenvalue weighted by atomic mass is 15.1. The van der Waals surface area contributed by atoms with Crippen molar-refractivity contribution < 1.29 is 0 Å². The van der Waals surface area contributed by atoms with E-state index in [0.29, 0.717) is 0 Å². The number of rotatable bonds is 7. The monoisotopic (exact) mass is 186 g/mol. The molecule has 0 saturated carbocycles. The lowest BCUT2D eigenvalue weighted by atomic mass is 10.1. The minimum Gasteiger partial charge on any atom is -0.329 e. The molecule has 0 radical (unpaired) electrons. The molecule has 0 unspecified atom stereocenters. The van der Waals surface area contributed by atoms with E-state index < -0.39 is 0 Å². The van der Waals surface area contributed by atoms with Crippen molar-refractivity contribution in [1.29, 1.82) is 0 Å². The van der Waals surface area contributed by atoms with Gasteiger partial charge in [0.05, 0.1) is 0 Å². The normalized spacial score (nSPS) is 12.0. The Bertz CT molecular complexity index is 111. The smallest absolute Gasteiger partial charge is 0.0105 e. The summed E-state index contributed by atoms with van der Waals surface area (Å²) in [6.45, 7) is 13.3. The molecule has 2 nitrogen and oxygen atoms in total. The van der Waals surface area contributed by atoms with Gasteiger partial charge in [0.2, 0.25) is 0 Å². The van der Waals surface area contributed by atoms with Crippen LogP contribution in [0.1, 0.15) is 34.1 Å². The van der Waals surface area contributed by atoms with Gasteiger partial charge in [0.15, 0.2) is 0 Å². The van der Waals surface area contributed by atoms with E-state index in [1.165, 1.54) is 19.5 Å². The van der Waals surface area contributed by atoms with Crippen molar-refractivity contribution >= 4 is 0 Å². The standard InChI is InChI=1S/C11H26N2/c1-10(2)5-7-13(8-6-12)9-11(3)4/h10-11H,5-9,12H2,1-4H3. The fourth-order valence-corrected chi connectivity index (χ4v) is 1.43. The van der Waals surface area contributed by atoms with Crippen LogP contribution in [-0.4, -0.2) is 31.1 Å². The molecule has 0 aliphatic rings. The lowest BCUT2D eigenvalue weighted by Crippen LogP contribution is -2.34. The van der Waals surface area contributed by atoms with Crippen LogP contribution in [0.25, 0.3) is 0 Å². The van der Waals surface area contributed by atoms with Crippen molar-refractivity contribution in [3.63, 3.8) is 0 Å². The zero-order chi connectivity index (χ0) is 10.3. The summed E-state index contributed by atoms with van der Waals surface area (Å²) in [5.74, 6) is 1.55. The third-order valence-corrected chi connectivity index (χ3v) is 2.09. The Kier molecular flexibility index (Phi) is 7.29. The van der Waals surface area contributed by atoms with E-state index in [9.17, 15) is 0 Å². The van der Waals surface area contributed by atoms with Gasteiger partial charge in [-0.25, -0.2) is 0 Å². The van der Waals surface area contributed by atoms with Gasteiger partial charge in [-0.1, -0.05) is 27.7 Å². The molecule has 2 N–H and O–H groups in total. The summed E-state index contributed by atoms with van der Waals surface area (Å²) in [7, 11) is 0. The lowest BCUT2D eigenvalue weighted by Gasteiger charge is -2.24. The number of hydrogen-bond acceptors (Lipinski definition) is 2. The van der Waals surface area contributed by atoms with Gasteiger partial charge in [-0.15, -0.1) is 0 Å². The van der Waals surface area contributed by atoms with E-state index >= 15 is 0 Å². The first-order valence-electron chi connectivity index (χ1n) is 5.48. The van der Waals surface area contributed by atoms with Crippen LogP contribution in [0, 0.1) is 11.8 Å². The molecule has 0 rings (SSSR count). The molecule has 0 bridgehead atoms. The van der Waals surface area contributed by atoms with Crippen molar-refractivity contribution in [2.45, 2.75) is 34.1 Å². The van der Waals surface area contributed by atoms with Crippen LogP contribution >= 0.6 is 0 Å². The third-order valence-electron chi connectivity index (χ3n) is 2.09. The minimum atomic E-state index is 0.749. The summed E-state index contributed by atoms with van der Waals surface area (Å²) in [4.78, 5) is 2.48. The molecule has 13 heavy (non-hydrogen) atoms. The maximum atomic E-state index is 5.57. The molecule has 0 heterocycles. The van der Waals surface area contributed by atoms with E-state index in [4.69, 9.17) is 5.73 Å². The summed E-state index contributed by atoms with van der Waals surface area (Å²) in [6, 6.07) is 0. The molecule has 0 amide bonds. The SMILES string of the molecule is CC(C)CCN(CCN)CC(C)C. The number of hydrogen-bond donors (Lipinski definition) is 1. The zero-order valence-electron chi connectivity index (χ0n) is 9.71. The Labute approximate surface area is 83.5 Å². The Morgan fingerprint density at radius 2 is 1.62 bits per heavy atom. The van der Waals surface area contributed by atoms with Crippen molar-refractivity contribution in [2.24, 2.45) is 17.6 Å². The Morgan fingerprint density at radius 1 is 1.00 bits per heavy atom. The lowest BCUT2D eigenvalue weighted by molar-refractivity contribution is 0.237. The van der Waals surface area contributed by atoms with Crippen LogP contribution in [0.2, 0.25) is 0 Å². The topological polar surface area (TPSA) is 29.3 Å². The third kappa shape index (κ3) is 8.26. The first-order chi connectivity index (χ1) is 6.06. The molecular weight excluding hydrogens is 160 g/mol. The first kappa shape index (κ1) is 12.9. The maximum absolute atomic E-state index is 5.57. The van der Waals surface area contributed by atoms with Gasteiger partial charge >= 0.3 is 0 Å². The van der Waals surface area contributed by atoms with Gasteiger partial charge in [-0.05, 0) is 24.8 Å². The van der Waals surface area contributed by atoms with Gasteiger partial charge < -0.3 is 10.6 Å². The van der Waals surface area contributed by atoms with Gasteiger partial charge in [-0.2, -0.15) is 0 Å². The van der Waals surface area contributed by atoms with E-state index in [-0.39, 0.29) is 0 Å². The molecule has 0 spiro atoms. The molecule has 2 heteroatoms. The molecule has 0 aromatic rings. The Morgan fingerprint density at radius 3 is 2.00 bits per heavy atom. The van der Waals surface area contributed by atoms with Gasteiger partial charge in [0, 0.05) is 19.6 Å². The van der Waals surface area contributed by atoms with Crippen molar-refractivity contribution in [3.8, 4) is 0 Å². The highest BCUT2D eigenvalue weighted by Crippen LogP contribution is 2.04. The molecule has 0 aromatic carbocycles. The number of nitrogens with zero attached hydrogens (tertiary/aromatic N) is 1. The fourth-order valence-electron chi connectivity index (χ4n) is 1.43. The largest absolute Gasteiger partial charge is 0.329 e. The van der Waals surface area contributed by atoms with Crippen molar-refractivity contribution in [2.75, 3.05) is 26.2 Å².